The molecule has 0 unspecified atom stereocenters. The zero-order valence-corrected chi connectivity index (χ0v) is 16.4. The molecule has 1 atom stereocenters. The number of nitrogens with zero attached hydrogens (tertiary/aromatic N) is 2. The summed E-state index contributed by atoms with van der Waals surface area (Å²) in [5, 5.41) is 2.73. The van der Waals surface area contributed by atoms with Gasteiger partial charge in [-0.3, -0.25) is 4.79 Å². The Bertz CT molecular complexity index is 1180. The maximum absolute atomic E-state index is 14.2. The fourth-order valence-electron chi connectivity index (χ4n) is 2.65. The number of alkyl halides is 3. The predicted octanol–water partition coefficient (Wildman–Crippen LogP) is 3.09. The largest absolute Gasteiger partial charge is 0.458 e. The van der Waals surface area contributed by atoms with Crippen LogP contribution in [0.5, 0.6) is 0 Å². The number of carbonyl (C=O) groups is 2. The molecule has 0 bridgehead atoms. The molecule has 0 radical (unpaired) electrons. The number of aromatic nitrogens is 2. The van der Waals surface area contributed by atoms with E-state index in [0.29, 0.717) is 6.92 Å². The highest BCUT2D eigenvalue weighted by atomic mass is 19.4. The first kappa shape index (κ1) is 22.7. The van der Waals surface area contributed by atoms with Gasteiger partial charge in [0.05, 0.1) is 12.1 Å². The summed E-state index contributed by atoms with van der Waals surface area (Å²) in [7, 11) is 0. The van der Waals surface area contributed by atoms with E-state index >= 15 is 0 Å². The fourth-order valence-corrected chi connectivity index (χ4v) is 2.65. The molecule has 2 heterocycles. The van der Waals surface area contributed by atoms with E-state index in [2.05, 4.69) is 20.0 Å². The summed E-state index contributed by atoms with van der Waals surface area (Å²) in [6, 6.07) is 5.12. The number of ether oxygens (including phenoxy) is 1. The third-order valence-electron chi connectivity index (χ3n) is 4.28. The van der Waals surface area contributed by atoms with Crippen molar-refractivity contribution < 1.29 is 36.3 Å². The number of nitrogens with two attached hydrogens (primary N) is 1. The van der Waals surface area contributed by atoms with Crippen LogP contribution in [0.25, 0.3) is 16.5 Å². The van der Waals surface area contributed by atoms with Gasteiger partial charge in [-0.25, -0.2) is 19.2 Å². The van der Waals surface area contributed by atoms with Crippen LogP contribution in [0, 0.1) is 5.82 Å². The molecule has 2 aromatic heterocycles. The second-order valence-corrected chi connectivity index (χ2v) is 6.48. The van der Waals surface area contributed by atoms with Crippen LogP contribution < -0.4 is 11.1 Å². The molecule has 1 amide bonds. The zero-order chi connectivity index (χ0) is 23.5. The number of benzene rings is 1. The number of rotatable bonds is 6. The van der Waals surface area contributed by atoms with Crippen LogP contribution in [0.15, 0.2) is 47.3 Å². The molecule has 3 rings (SSSR count). The molecule has 8 nitrogen and oxygen atoms in total. The Morgan fingerprint density at radius 1 is 1.28 bits per heavy atom. The van der Waals surface area contributed by atoms with Crippen LogP contribution in [0.2, 0.25) is 0 Å². The molecule has 32 heavy (non-hydrogen) atoms. The van der Waals surface area contributed by atoms with E-state index in [9.17, 15) is 27.2 Å². The second kappa shape index (κ2) is 9.04. The van der Waals surface area contributed by atoms with E-state index in [1.807, 2.05) is 0 Å². The minimum absolute atomic E-state index is 0.0156. The Hall–Kier alpha value is -3.96. The first-order chi connectivity index (χ1) is 15.1. The minimum atomic E-state index is -4.81. The number of hydrogen-bond donors (Lipinski definition) is 2. The first-order valence-electron chi connectivity index (χ1n) is 9.08. The summed E-state index contributed by atoms with van der Waals surface area (Å²) in [6.07, 6.45) is -3.38. The molecule has 12 heteroatoms. The summed E-state index contributed by atoms with van der Waals surface area (Å²) in [6.45, 7) is 0.421. The molecule has 0 aliphatic carbocycles. The summed E-state index contributed by atoms with van der Waals surface area (Å²) in [5.74, 6) is -3.09. The van der Waals surface area contributed by atoms with Crippen LogP contribution in [0.4, 0.5) is 17.6 Å². The van der Waals surface area contributed by atoms with Crippen molar-refractivity contribution in [2.75, 3.05) is 0 Å². The molecule has 3 aromatic rings. The van der Waals surface area contributed by atoms with Gasteiger partial charge < -0.3 is 20.2 Å². The van der Waals surface area contributed by atoms with Crippen molar-refractivity contribution in [1.29, 1.82) is 0 Å². The van der Waals surface area contributed by atoms with Gasteiger partial charge in [-0.05, 0) is 31.2 Å². The topological polar surface area (TPSA) is 120 Å². The van der Waals surface area contributed by atoms with Gasteiger partial charge in [-0.2, -0.15) is 13.2 Å². The molecule has 0 spiro atoms. The van der Waals surface area contributed by atoms with Crippen molar-refractivity contribution >= 4 is 28.4 Å². The average Bonchev–Trinajstić information content (AvgIpc) is 3.15. The minimum Gasteiger partial charge on any atom is -0.458 e. The molecule has 0 saturated heterocycles. The van der Waals surface area contributed by atoms with Crippen molar-refractivity contribution in [3.05, 3.63) is 65.8 Å². The van der Waals surface area contributed by atoms with Gasteiger partial charge in [-0.15, -0.1) is 0 Å². The van der Waals surface area contributed by atoms with Gasteiger partial charge in [0.25, 0.3) is 5.91 Å². The van der Waals surface area contributed by atoms with Gasteiger partial charge in [-0.1, -0.05) is 0 Å². The molecule has 0 saturated carbocycles. The molecule has 0 aliphatic heterocycles. The lowest BCUT2D eigenvalue weighted by Gasteiger charge is -2.16. The summed E-state index contributed by atoms with van der Waals surface area (Å²) in [5.41, 5.74) is 4.37. The monoisotopic (exact) mass is 452 g/mol. The first-order valence-corrected chi connectivity index (χ1v) is 9.08. The maximum Gasteiger partial charge on any atom is 0.425 e. The van der Waals surface area contributed by atoms with E-state index in [4.69, 9.17) is 10.2 Å². The highest BCUT2D eigenvalue weighted by Crippen LogP contribution is 2.29. The smallest absolute Gasteiger partial charge is 0.425 e. The van der Waals surface area contributed by atoms with E-state index in [1.54, 1.807) is 6.07 Å². The molecular weight excluding hydrogens is 436 g/mol. The Morgan fingerprint density at radius 3 is 2.59 bits per heavy atom. The zero-order valence-electron chi connectivity index (χ0n) is 16.4. The highest BCUT2D eigenvalue weighted by Gasteiger charge is 2.40. The van der Waals surface area contributed by atoms with Gasteiger partial charge in [0, 0.05) is 24.0 Å². The SMILES string of the molecule is C[C@@H](OC(=O)c1c(F)ccc2cc(CNC(=O)/C(=C/N)c3ncccn3)oc12)C(F)(F)F. The van der Waals surface area contributed by atoms with E-state index < -0.39 is 35.5 Å². The van der Waals surface area contributed by atoms with Crippen LogP contribution in [-0.2, 0) is 16.1 Å². The van der Waals surface area contributed by atoms with Gasteiger partial charge in [0.2, 0.25) is 0 Å². The van der Waals surface area contributed by atoms with Gasteiger partial charge >= 0.3 is 12.1 Å². The third kappa shape index (κ3) is 4.85. The van der Waals surface area contributed by atoms with Crippen molar-refractivity contribution in [3.63, 3.8) is 0 Å². The number of carbonyl (C=O) groups excluding carboxylic acids is 2. The molecule has 0 aliphatic rings. The van der Waals surface area contributed by atoms with E-state index in [1.165, 1.54) is 24.5 Å². The lowest BCUT2D eigenvalue weighted by atomic mass is 10.1. The fraction of sp³-hybridized carbons (Fsp3) is 0.200. The number of fused-ring (bicyclic) bond motifs is 1. The Kier molecular flexibility index (Phi) is 6.42. The Labute approximate surface area is 178 Å². The van der Waals surface area contributed by atoms with Crippen molar-refractivity contribution in [3.8, 4) is 0 Å². The molecular formula is C20H16F4N4O4. The van der Waals surface area contributed by atoms with Crippen LogP contribution in [-0.4, -0.2) is 34.1 Å². The van der Waals surface area contributed by atoms with Crippen LogP contribution >= 0.6 is 0 Å². The van der Waals surface area contributed by atoms with Crippen molar-refractivity contribution in [1.82, 2.24) is 15.3 Å². The highest BCUT2D eigenvalue weighted by molar-refractivity contribution is 6.18. The number of amides is 1. The van der Waals surface area contributed by atoms with Crippen molar-refractivity contribution in [2.24, 2.45) is 5.73 Å². The molecule has 0 fully saturated rings. The Balaban J connectivity index is 1.81. The van der Waals surface area contributed by atoms with Gasteiger partial charge in [0.15, 0.2) is 17.5 Å². The van der Waals surface area contributed by atoms with Gasteiger partial charge in [0.1, 0.15) is 17.1 Å². The Morgan fingerprint density at radius 2 is 1.97 bits per heavy atom. The summed E-state index contributed by atoms with van der Waals surface area (Å²) in [4.78, 5) is 32.4. The lowest BCUT2D eigenvalue weighted by molar-refractivity contribution is -0.198. The average molecular weight is 452 g/mol. The maximum atomic E-state index is 14.2. The van der Waals surface area contributed by atoms with E-state index in [0.717, 1.165) is 12.3 Å². The van der Waals surface area contributed by atoms with E-state index in [-0.39, 0.29) is 34.7 Å². The normalized spacial score (nSPS) is 13.1. The number of esters is 1. The molecule has 3 N–H and O–H groups in total. The molecule has 1 aromatic carbocycles. The number of halogens is 4. The standard InChI is InChI=1S/C20H16F4N4O4/c1-10(20(22,23)24)31-19(30)15-14(21)4-3-11-7-12(32-16(11)15)9-28-18(29)13(8-25)17-26-5-2-6-27-17/h2-8,10H,9,25H2,1H3,(H,28,29)/b13-8+/t10-/m1/s1. The van der Waals surface area contributed by atoms with Crippen molar-refractivity contribution in [2.45, 2.75) is 25.7 Å². The number of furan rings is 1. The predicted molar refractivity (Wildman–Crippen MR) is 103 cm³/mol. The number of nitrogens with one attached hydrogen (secondary N) is 1. The van der Waals surface area contributed by atoms with Crippen LogP contribution in [0.3, 0.4) is 0 Å². The number of hydrogen-bond acceptors (Lipinski definition) is 7. The second-order valence-electron chi connectivity index (χ2n) is 6.48. The van der Waals surface area contributed by atoms with Crippen LogP contribution in [0.1, 0.15) is 28.9 Å². The summed E-state index contributed by atoms with van der Waals surface area (Å²) >= 11 is 0. The quantitative estimate of drug-likeness (QED) is 0.335. The summed E-state index contributed by atoms with van der Waals surface area (Å²) < 4.78 is 62.0. The third-order valence-corrected chi connectivity index (χ3v) is 4.28. The lowest BCUT2D eigenvalue weighted by Crippen LogP contribution is -2.31. The molecule has 168 valence electrons.